The number of unbranched alkanes of at least 4 members (excludes halogenated alkanes) is 1. The van der Waals surface area contributed by atoms with Crippen LogP contribution in [0.4, 0.5) is 0 Å². The van der Waals surface area contributed by atoms with E-state index in [2.05, 4.69) is 62.5 Å². The van der Waals surface area contributed by atoms with Crippen molar-refractivity contribution in [3.05, 3.63) is 54.1 Å². The van der Waals surface area contributed by atoms with E-state index in [1.807, 2.05) is 26.0 Å². The Hall–Kier alpha value is -2.41. The third kappa shape index (κ3) is 10.9. The van der Waals surface area contributed by atoms with Crippen LogP contribution < -0.4 is 15.8 Å². The third-order valence-electron chi connectivity index (χ3n) is 7.66. The number of carbonyl (C=O) groups is 1. The summed E-state index contributed by atoms with van der Waals surface area (Å²) in [7, 11) is 1.70. The summed E-state index contributed by atoms with van der Waals surface area (Å²) >= 11 is 0. The van der Waals surface area contributed by atoms with Gasteiger partial charge in [0.05, 0.1) is 12.7 Å². The number of nitrogens with two attached hydrogens (primary N) is 1. The molecule has 0 heterocycles. The molecule has 0 bridgehead atoms. The second-order valence-corrected chi connectivity index (χ2v) is 11.8. The quantitative estimate of drug-likeness (QED) is 0.202. The van der Waals surface area contributed by atoms with Gasteiger partial charge in [0, 0.05) is 38.1 Å². The average Bonchev–Trinajstić information content (AvgIpc) is 2.92. The lowest BCUT2D eigenvalue weighted by molar-refractivity contribution is -0.130. The summed E-state index contributed by atoms with van der Waals surface area (Å²) < 4.78 is 11.2. The highest BCUT2D eigenvalue weighted by atomic mass is 16.5. The first-order chi connectivity index (χ1) is 18.6. The van der Waals surface area contributed by atoms with Gasteiger partial charge in [0.2, 0.25) is 5.91 Å². The predicted octanol–water partition coefficient (Wildman–Crippen LogP) is 5.99. The van der Waals surface area contributed by atoms with Crippen molar-refractivity contribution in [1.82, 2.24) is 5.32 Å². The molecule has 0 saturated heterocycles. The van der Waals surface area contributed by atoms with Crippen molar-refractivity contribution in [1.29, 1.82) is 0 Å². The highest BCUT2D eigenvalue weighted by Crippen LogP contribution is 2.32. The van der Waals surface area contributed by atoms with Gasteiger partial charge in [-0.25, -0.2) is 0 Å². The van der Waals surface area contributed by atoms with E-state index in [1.54, 1.807) is 7.11 Å². The van der Waals surface area contributed by atoms with Gasteiger partial charge in [0.15, 0.2) is 0 Å². The first-order valence-electron chi connectivity index (χ1n) is 14.6. The van der Waals surface area contributed by atoms with Gasteiger partial charge in [0.1, 0.15) is 5.75 Å². The molecule has 0 radical (unpaired) electrons. The summed E-state index contributed by atoms with van der Waals surface area (Å²) in [5.74, 6) is 1.43. The van der Waals surface area contributed by atoms with Crippen LogP contribution in [-0.2, 0) is 16.0 Å². The van der Waals surface area contributed by atoms with Crippen molar-refractivity contribution >= 4 is 5.91 Å². The number of rotatable bonds is 18. The maximum absolute atomic E-state index is 12.7. The summed E-state index contributed by atoms with van der Waals surface area (Å²) in [6, 6.07) is 16.3. The molecule has 4 N–H and O–H groups in total. The molecule has 6 heteroatoms. The molecule has 0 aliphatic carbocycles. The highest BCUT2D eigenvalue weighted by molar-refractivity contribution is 5.81. The highest BCUT2D eigenvalue weighted by Gasteiger charge is 2.29. The Kier molecular flexibility index (Phi) is 14.0. The van der Waals surface area contributed by atoms with Crippen LogP contribution in [0.1, 0.15) is 72.3 Å². The summed E-state index contributed by atoms with van der Waals surface area (Å²) in [5.41, 5.74) is 9.62. The Morgan fingerprint density at radius 2 is 1.79 bits per heavy atom. The standard InChI is InChI=1S/C33H52N2O4/c1-7-8-17-33(4,5)32(37)35-23-31(36)30(34)22-26(24(2)3)20-27-21-28(39-19-12-18-38-6)15-16-29(27)25-13-10-9-11-14-25/h9-11,13-16,21,24,26,30-31,36H,7-8,12,17-20,22-23,34H2,1-6H3,(H,35,37)/t26-,30-,31-/m0/s1. The lowest BCUT2D eigenvalue weighted by Gasteiger charge is -2.29. The Morgan fingerprint density at radius 3 is 2.44 bits per heavy atom. The Balaban J connectivity index is 2.13. The van der Waals surface area contributed by atoms with Crippen molar-refractivity contribution in [3.8, 4) is 16.9 Å². The van der Waals surface area contributed by atoms with Gasteiger partial charge in [-0.3, -0.25) is 4.79 Å². The molecule has 0 saturated carbocycles. The molecular weight excluding hydrogens is 488 g/mol. The first-order valence-corrected chi connectivity index (χ1v) is 14.6. The van der Waals surface area contributed by atoms with Crippen molar-refractivity contribution in [2.45, 2.75) is 85.3 Å². The minimum absolute atomic E-state index is 0.0302. The number of hydrogen-bond acceptors (Lipinski definition) is 5. The van der Waals surface area contributed by atoms with Crippen molar-refractivity contribution in [2.75, 3.05) is 26.9 Å². The van der Waals surface area contributed by atoms with Gasteiger partial charge in [-0.05, 0) is 59.9 Å². The molecule has 3 atom stereocenters. The van der Waals surface area contributed by atoms with Crippen LogP contribution in [0.15, 0.2) is 48.5 Å². The van der Waals surface area contributed by atoms with E-state index in [0.29, 0.717) is 25.6 Å². The Labute approximate surface area is 236 Å². The molecule has 39 heavy (non-hydrogen) atoms. The number of methoxy groups -OCH3 is 1. The molecule has 6 nitrogen and oxygen atoms in total. The maximum atomic E-state index is 12.7. The number of carbonyl (C=O) groups excluding carboxylic acids is 1. The van der Waals surface area contributed by atoms with Crippen molar-refractivity contribution in [3.63, 3.8) is 0 Å². The van der Waals surface area contributed by atoms with Gasteiger partial charge < -0.3 is 25.6 Å². The Bertz CT molecular complexity index is 977. The number of nitrogens with one attached hydrogen (secondary N) is 1. The predicted molar refractivity (Wildman–Crippen MR) is 161 cm³/mol. The van der Waals surface area contributed by atoms with Crippen molar-refractivity contribution < 1.29 is 19.4 Å². The van der Waals surface area contributed by atoms with Crippen LogP contribution in [0.2, 0.25) is 0 Å². The molecule has 2 aromatic carbocycles. The second kappa shape index (κ2) is 16.6. The molecule has 0 unspecified atom stereocenters. The third-order valence-corrected chi connectivity index (χ3v) is 7.66. The number of aliphatic hydroxyl groups is 1. The molecule has 2 aromatic rings. The fourth-order valence-corrected chi connectivity index (χ4v) is 4.82. The molecular formula is C33H52N2O4. The molecule has 0 aliphatic heterocycles. The fraction of sp³-hybridized carbons (Fsp3) is 0.606. The van der Waals surface area contributed by atoms with Crippen LogP contribution in [0, 0.1) is 17.3 Å². The molecule has 2 rings (SSSR count). The largest absolute Gasteiger partial charge is 0.493 e. The topological polar surface area (TPSA) is 93.8 Å². The number of ether oxygens (including phenoxy) is 2. The molecule has 1 amide bonds. The minimum Gasteiger partial charge on any atom is -0.493 e. The summed E-state index contributed by atoms with van der Waals surface area (Å²) in [6.45, 7) is 11.9. The zero-order valence-electron chi connectivity index (χ0n) is 25.0. The molecule has 0 aromatic heterocycles. The van der Waals surface area contributed by atoms with Gasteiger partial charge >= 0.3 is 0 Å². The zero-order valence-corrected chi connectivity index (χ0v) is 25.0. The van der Waals surface area contributed by atoms with Gasteiger partial charge in [-0.1, -0.05) is 83.9 Å². The lowest BCUT2D eigenvalue weighted by atomic mass is 9.81. The van der Waals surface area contributed by atoms with E-state index in [4.69, 9.17) is 15.2 Å². The van der Waals surface area contributed by atoms with Crippen LogP contribution in [-0.4, -0.2) is 50.0 Å². The summed E-state index contributed by atoms with van der Waals surface area (Å²) in [5, 5.41) is 13.8. The number of benzene rings is 2. The number of amides is 1. The first kappa shape index (κ1) is 32.8. The van der Waals surface area contributed by atoms with Crippen LogP contribution in [0.3, 0.4) is 0 Å². The van der Waals surface area contributed by atoms with Crippen LogP contribution in [0.25, 0.3) is 11.1 Å². The molecule has 218 valence electrons. The minimum atomic E-state index is -0.804. The van der Waals surface area contributed by atoms with E-state index in [1.165, 1.54) is 16.7 Å². The van der Waals surface area contributed by atoms with Crippen molar-refractivity contribution in [2.24, 2.45) is 23.0 Å². The number of hydrogen-bond donors (Lipinski definition) is 3. The van der Waals surface area contributed by atoms with E-state index in [9.17, 15) is 9.90 Å². The van der Waals surface area contributed by atoms with Gasteiger partial charge in [-0.15, -0.1) is 0 Å². The average molecular weight is 541 g/mol. The van der Waals surface area contributed by atoms with E-state index >= 15 is 0 Å². The summed E-state index contributed by atoms with van der Waals surface area (Å²) in [4.78, 5) is 12.7. The maximum Gasteiger partial charge on any atom is 0.225 e. The van der Waals surface area contributed by atoms with Gasteiger partial charge in [0.25, 0.3) is 0 Å². The normalized spacial score (nSPS) is 14.2. The van der Waals surface area contributed by atoms with Crippen LogP contribution >= 0.6 is 0 Å². The van der Waals surface area contributed by atoms with E-state index < -0.39 is 17.6 Å². The monoisotopic (exact) mass is 540 g/mol. The fourth-order valence-electron chi connectivity index (χ4n) is 4.82. The lowest BCUT2D eigenvalue weighted by Crippen LogP contribution is -2.47. The molecule has 0 spiro atoms. The van der Waals surface area contributed by atoms with E-state index in [-0.39, 0.29) is 18.4 Å². The number of aliphatic hydroxyl groups excluding tert-OH is 1. The summed E-state index contributed by atoms with van der Waals surface area (Å²) in [6.07, 6.45) is 4.38. The SMILES string of the molecule is CCCCC(C)(C)C(=O)NC[C@H](O)[C@@H](N)C[C@H](Cc1cc(OCCCOC)ccc1-c1ccccc1)C(C)C. The smallest absolute Gasteiger partial charge is 0.225 e. The van der Waals surface area contributed by atoms with E-state index in [0.717, 1.165) is 37.9 Å². The Morgan fingerprint density at radius 1 is 1.08 bits per heavy atom. The molecule has 0 fully saturated rings. The zero-order chi connectivity index (χ0) is 28.8. The van der Waals surface area contributed by atoms with Crippen LogP contribution in [0.5, 0.6) is 5.75 Å². The molecule has 0 aliphatic rings. The van der Waals surface area contributed by atoms with Gasteiger partial charge in [-0.2, -0.15) is 0 Å². The second-order valence-electron chi connectivity index (χ2n) is 11.8.